The van der Waals surface area contributed by atoms with Gasteiger partial charge >= 0.3 is 6.18 Å². The van der Waals surface area contributed by atoms with E-state index in [1.807, 2.05) is 0 Å². The van der Waals surface area contributed by atoms with Crippen LogP contribution in [0.15, 0.2) is 18.2 Å². The fourth-order valence-electron chi connectivity index (χ4n) is 1.88. The van der Waals surface area contributed by atoms with Crippen LogP contribution in [0.3, 0.4) is 0 Å². The summed E-state index contributed by atoms with van der Waals surface area (Å²) < 4.78 is 39.1. The van der Waals surface area contributed by atoms with E-state index in [0.717, 1.165) is 0 Å². The standard InChI is InChI=1S/C13H17F3/c1-8(2)10-6-5-7-11(9(3)4)12(10)13(14,15)16/h5-9H,1-4H3. The zero-order valence-electron chi connectivity index (χ0n) is 10.0. The summed E-state index contributed by atoms with van der Waals surface area (Å²) >= 11 is 0. The summed E-state index contributed by atoms with van der Waals surface area (Å²) in [4.78, 5) is 0. The minimum atomic E-state index is -4.26. The van der Waals surface area contributed by atoms with Gasteiger partial charge in [-0.05, 0) is 23.0 Å². The first kappa shape index (κ1) is 13.1. The van der Waals surface area contributed by atoms with Gasteiger partial charge in [0.2, 0.25) is 0 Å². The highest BCUT2D eigenvalue weighted by Crippen LogP contribution is 2.39. The summed E-state index contributed by atoms with van der Waals surface area (Å²) in [5, 5.41) is 0. The average molecular weight is 230 g/mol. The summed E-state index contributed by atoms with van der Waals surface area (Å²) in [5.74, 6) is -0.231. The summed E-state index contributed by atoms with van der Waals surface area (Å²) in [6.07, 6.45) is -4.26. The third-order valence-electron chi connectivity index (χ3n) is 2.66. The third kappa shape index (κ3) is 2.57. The van der Waals surface area contributed by atoms with Crippen LogP contribution < -0.4 is 0 Å². The van der Waals surface area contributed by atoms with Crippen LogP contribution in [0.4, 0.5) is 13.2 Å². The minimum absolute atomic E-state index is 0.115. The molecule has 1 rings (SSSR count). The maximum atomic E-state index is 13.0. The summed E-state index contributed by atoms with van der Waals surface area (Å²) in [7, 11) is 0. The molecular weight excluding hydrogens is 213 g/mol. The largest absolute Gasteiger partial charge is 0.416 e. The molecule has 0 saturated carbocycles. The third-order valence-corrected chi connectivity index (χ3v) is 2.66. The van der Waals surface area contributed by atoms with Gasteiger partial charge < -0.3 is 0 Å². The van der Waals surface area contributed by atoms with Crippen LogP contribution in [0.1, 0.15) is 56.2 Å². The van der Waals surface area contributed by atoms with Crippen LogP contribution in [0.5, 0.6) is 0 Å². The van der Waals surface area contributed by atoms with Crippen molar-refractivity contribution in [2.75, 3.05) is 0 Å². The van der Waals surface area contributed by atoms with Gasteiger partial charge in [-0.1, -0.05) is 45.9 Å². The van der Waals surface area contributed by atoms with Crippen LogP contribution in [-0.2, 0) is 6.18 Å². The van der Waals surface area contributed by atoms with Gasteiger partial charge in [-0.3, -0.25) is 0 Å². The Kier molecular flexibility index (Phi) is 3.66. The Morgan fingerprint density at radius 3 is 1.50 bits per heavy atom. The van der Waals surface area contributed by atoms with Crippen molar-refractivity contribution in [3.63, 3.8) is 0 Å². The summed E-state index contributed by atoms with van der Waals surface area (Å²) in [6, 6.07) is 4.85. The van der Waals surface area contributed by atoms with Crippen LogP contribution in [-0.4, -0.2) is 0 Å². The number of hydrogen-bond donors (Lipinski definition) is 0. The molecule has 0 N–H and O–H groups in total. The molecule has 0 saturated heterocycles. The maximum Gasteiger partial charge on any atom is 0.416 e. The number of alkyl halides is 3. The van der Waals surface area contributed by atoms with Gasteiger partial charge in [0.25, 0.3) is 0 Å². The molecule has 0 amide bonds. The Bertz CT molecular complexity index is 336. The van der Waals surface area contributed by atoms with Crippen molar-refractivity contribution in [1.29, 1.82) is 0 Å². The molecule has 16 heavy (non-hydrogen) atoms. The van der Waals surface area contributed by atoms with E-state index in [0.29, 0.717) is 11.1 Å². The van der Waals surface area contributed by atoms with Gasteiger partial charge in [-0.15, -0.1) is 0 Å². The van der Waals surface area contributed by atoms with Crippen LogP contribution >= 0.6 is 0 Å². The number of hydrogen-bond acceptors (Lipinski definition) is 0. The normalized spacial score (nSPS) is 12.6. The zero-order valence-corrected chi connectivity index (χ0v) is 10.0. The molecule has 0 radical (unpaired) electrons. The lowest BCUT2D eigenvalue weighted by molar-refractivity contribution is -0.139. The van der Waals surface area contributed by atoms with E-state index in [4.69, 9.17) is 0 Å². The molecule has 0 spiro atoms. The van der Waals surface area contributed by atoms with Crippen molar-refractivity contribution in [1.82, 2.24) is 0 Å². The Morgan fingerprint density at radius 1 is 0.875 bits per heavy atom. The van der Waals surface area contributed by atoms with Crippen LogP contribution in [0.25, 0.3) is 0 Å². The SMILES string of the molecule is CC(C)c1cccc(C(C)C)c1C(F)(F)F. The molecule has 0 aliphatic heterocycles. The lowest BCUT2D eigenvalue weighted by Crippen LogP contribution is -2.14. The highest BCUT2D eigenvalue weighted by molar-refractivity contribution is 5.40. The van der Waals surface area contributed by atoms with E-state index in [9.17, 15) is 13.2 Å². The van der Waals surface area contributed by atoms with Crippen molar-refractivity contribution >= 4 is 0 Å². The van der Waals surface area contributed by atoms with Crippen molar-refractivity contribution in [3.8, 4) is 0 Å². The molecule has 90 valence electrons. The van der Waals surface area contributed by atoms with Gasteiger partial charge in [-0.2, -0.15) is 13.2 Å². The van der Waals surface area contributed by atoms with E-state index in [1.54, 1.807) is 45.9 Å². The number of benzene rings is 1. The van der Waals surface area contributed by atoms with Crippen molar-refractivity contribution in [3.05, 3.63) is 34.9 Å². The molecule has 0 unspecified atom stereocenters. The average Bonchev–Trinajstić information content (AvgIpc) is 2.15. The van der Waals surface area contributed by atoms with Crippen LogP contribution in [0.2, 0.25) is 0 Å². The Morgan fingerprint density at radius 2 is 1.25 bits per heavy atom. The smallest absolute Gasteiger partial charge is 0.166 e. The quantitative estimate of drug-likeness (QED) is 0.674. The first-order valence-corrected chi connectivity index (χ1v) is 5.45. The lowest BCUT2D eigenvalue weighted by Gasteiger charge is -2.21. The molecule has 0 nitrogen and oxygen atoms in total. The second kappa shape index (κ2) is 4.48. The molecule has 0 aromatic heterocycles. The van der Waals surface area contributed by atoms with Crippen molar-refractivity contribution in [2.24, 2.45) is 0 Å². The minimum Gasteiger partial charge on any atom is -0.166 e. The van der Waals surface area contributed by atoms with Gasteiger partial charge in [0.1, 0.15) is 0 Å². The molecule has 0 heterocycles. The van der Waals surface area contributed by atoms with Gasteiger partial charge in [0.05, 0.1) is 5.56 Å². The maximum absolute atomic E-state index is 13.0. The van der Waals surface area contributed by atoms with Gasteiger partial charge in [0, 0.05) is 0 Å². The highest BCUT2D eigenvalue weighted by atomic mass is 19.4. The van der Waals surface area contributed by atoms with Crippen LogP contribution in [0, 0.1) is 0 Å². The fourth-order valence-corrected chi connectivity index (χ4v) is 1.88. The van der Waals surface area contributed by atoms with E-state index >= 15 is 0 Å². The zero-order chi connectivity index (χ0) is 12.5. The molecule has 0 atom stereocenters. The summed E-state index contributed by atoms with van der Waals surface area (Å²) in [6.45, 7) is 7.15. The Balaban J connectivity index is 3.48. The van der Waals surface area contributed by atoms with Crippen molar-refractivity contribution < 1.29 is 13.2 Å². The molecule has 0 fully saturated rings. The van der Waals surface area contributed by atoms with E-state index in [-0.39, 0.29) is 11.8 Å². The van der Waals surface area contributed by atoms with E-state index < -0.39 is 11.7 Å². The predicted octanol–water partition coefficient (Wildman–Crippen LogP) is 4.95. The molecule has 1 aromatic rings. The first-order valence-electron chi connectivity index (χ1n) is 5.45. The first-order chi connectivity index (χ1) is 7.25. The monoisotopic (exact) mass is 230 g/mol. The predicted molar refractivity (Wildman–Crippen MR) is 59.6 cm³/mol. The number of halogens is 3. The lowest BCUT2D eigenvalue weighted by atomic mass is 9.88. The molecule has 0 bridgehead atoms. The highest BCUT2D eigenvalue weighted by Gasteiger charge is 2.36. The second-order valence-corrected chi connectivity index (χ2v) is 4.62. The molecule has 0 aliphatic rings. The van der Waals surface area contributed by atoms with E-state index in [2.05, 4.69) is 0 Å². The molecule has 1 aromatic carbocycles. The number of rotatable bonds is 2. The summed E-state index contributed by atoms with van der Waals surface area (Å²) in [5.41, 5.74) is 0.331. The Labute approximate surface area is 94.5 Å². The fraction of sp³-hybridized carbons (Fsp3) is 0.538. The molecule has 0 aliphatic carbocycles. The molecule has 3 heteroatoms. The van der Waals surface area contributed by atoms with Crippen molar-refractivity contribution in [2.45, 2.75) is 45.7 Å². The van der Waals surface area contributed by atoms with Gasteiger partial charge in [-0.25, -0.2) is 0 Å². The second-order valence-electron chi connectivity index (χ2n) is 4.62. The van der Waals surface area contributed by atoms with E-state index in [1.165, 1.54) is 0 Å². The van der Waals surface area contributed by atoms with Gasteiger partial charge in [0.15, 0.2) is 0 Å². The topological polar surface area (TPSA) is 0 Å². The Hall–Kier alpha value is -0.990. The molecular formula is C13H17F3.